The van der Waals surface area contributed by atoms with Gasteiger partial charge in [0.25, 0.3) is 0 Å². The van der Waals surface area contributed by atoms with E-state index >= 15 is 0 Å². The molecule has 1 aromatic carbocycles. The Bertz CT molecular complexity index is 653. The summed E-state index contributed by atoms with van der Waals surface area (Å²) in [6, 6.07) is 8.13. The average Bonchev–Trinajstić information content (AvgIpc) is 2.93. The van der Waals surface area contributed by atoms with Crippen LogP contribution >= 0.6 is 11.3 Å². The van der Waals surface area contributed by atoms with E-state index in [9.17, 15) is 17.9 Å². The Morgan fingerprint density at radius 2 is 1.95 bits per heavy atom. The third-order valence-electron chi connectivity index (χ3n) is 2.82. The van der Waals surface area contributed by atoms with Gasteiger partial charge in [0.15, 0.2) is 0 Å². The van der Waals surface area contributed by atoms with E-state index in [1.165, 1.54) is 30.5 Å². The summed E-state index contributed by atoms with van der Waals surface area (Å²) >= 11 is 1.36. The molecule has 108 valence electrons. The number of thiophene rings is 1. The number of halogens is 1. The fraction of sp³-hybridized carbons (Fsp3) is 0.231. The van der Waals surface area contributed by atoms with Crippen LogP contribution in [0.3, 0.4) is 0 Å². The largest absolute Gasteiger partial charge is 0.386 e. The Balaban J connectivity index is 2.15. The van der Waals surface area contributed by atoms with E-state index in [1.807, 2.05) is 5.38 Å². The van der Waals surface area contributed by atoms with Crippen LogP contribution < -0.4 is 0 Å². The molecule has 4 nitrogen and oxygen atoms in total. The van der Waals surface area contributed by atoms with Crippen LogP contribution in [0.5, 0.6) is 0 Å². The molecule has 0 bridgehead atoms. The minimum atomic E-state index is -3.73. The number of aliphatic hydroxyl groups excluding tert-OH is 1. The van der Waals surface area contributed by atoms with Crippen LogP contribution in [0.2, 0.25) is 0 Å². The Morgan fingerprint density at radius 1 is 1.30 bits per heavy atom. The van der Waals surface area contributed by atoms with E-state index in [0.717, 1.165) is 16.4 Å². The maximum absolute atomic E-state index is 12.8. The first-order valence-corrected chi connectivity index (χ1v) is 8.16. The molecule has 2 rings (SSSR count). The normalized spacial score (nSPS) is 13.6. The summed E-state index contributed by atoms with van der Waals surface area (Å²) < 4.78 is 38.4. The summed E-state index contributed by atoms with van der Waals surface area (Å²) in [5.41, 5.74) is 0. The van der Waals surface area contributed by atoms with Gasteiger partial charge in [0.2, 0.25) is 10.0 Å². The predicted octanol–water partition coefficient (Wildman–Crippen LogP) is 2.24. The van der Waals surface area contributed by atoms with E-state index in [0.29, 0.717) is 4.88 Å². The molecule has 20 heavy (non-hydrogen) atoms. The molecule has 0 spiro atoms. The number of likely N-dealkylation sites (N-methyl/N-ethyl adjacent to an activating group) is 1. The molecule has 0 fully saturated rings. The highest BCUT2D eigenvalue weighted by Crippen LogP contribution is 2.22. The zero-order chi connectivity index (χ0) is 14.8. The van der Waals surface area contributed by atoms with Crippen molar-refractivity contribution >= 4 is 21.4 Å². The number of nitrogens with zero attached hydrogens (tertiary/aromatic N) is 1. The summed E-state index contributed by atoms with van der Waals surface area (Å²) in [6.07, 6.45) is -0.879. The van der Waals surface area contributed by atoms with Crippen LogP contribution in [0.25, 0.3) is 0 Å². The lowest BCUT2D eigenvalue weighted by Gasteiger charge is -2.20. The van der Waals surface area contributed by atoms with Gasteiger partial charge >= 0.3 is 0 Å². The first kappa shape index (κ1) is 15.1. The van der Waals surface area contributed by atoms with Gasteiger partial charge in [0, 0.05) is 18.5 Å². The summed E-state index contributed by atoms with van der Waals surface area (Å²) in [4.78, 5) is 0.700. The zero-order valence-electron chi connectivity index (χ0n) is 10.7. The van der Waals surface area contributed by atoms with Gasteiger partial charge in [-0.1, -0.05) is 6.07 Å². The number of sulfonamides is 1. The second-order valence-corrected chi connectivity index (χ2v) is 7.29. The number of hydrogen-bond donors (Lipinski definition) is 1. The van der Waals surface area contributed by atoms with Crippen LogP contribution in [0, 0.1) is 5.82 Å². The van der Waals surface area contributed by atoms with Gasteiger partial charge in [-0.05, 0) is 35.7 Å². The number of aliphatic hydroxyl groups is 1. The molecule has 1 heterocycles. The molecule has 0 saturated heterocycles. The standard InChI is InChI=1S/C13H14FNO3S2/c1-15(9-12(16)13-3-2-8-19-13)20(17,18)11-6-4-10(14)5-7-11/h2-8,12,16H,9H2,1H3. The van der Waals surface area contributed by atoms with Crippen LogP contribution in [-0.4, -0.2) is 31.4 Å². The van der Waals surface area contributed by atoms with Crippen LogP contribution in [0.1, 0.15) is 11.0 Å². The number of benzene rings is 1. The molecular formula is C13H14FNO3S2. The Hall–Kier alpha value is -1.28. The molecule has 0 aliphatic heterocycles. The van der Waals surface area contributed by atoms with Gasteiger partial charge in [-0.3, -0.25) is 0 Å². The van der Waals surface area contributed by atoms with Crippen molar-refractivity contribution < 1.29 is 17.9 Å². The highest BCUT2D eigenvalue weighted by Gasteiger charge is 2.23. The second-order valence-electron chi connectivity index (χ2n) is 4.27. The molecule has 2 aromatic rings. The Morgan fingerprint density at radius 3 is 2.50 bits per heavy atom. The monoisotopic (exact) mass is 315 g/mol. The van der Waals surface area contributed by atoms with Gasteiger partial charge in [-0.15, -0.1) is 11.3 Å². The fourth-order valence-corrected chi connectivity index (χ4v) is 3.58. The SMILES string of the molecule is CN(CC(O)c1cccs1)S(=O)(=O)c1ccc(F)cc1. The van der Waals surface area contributed by atoms with Crippen molar-refractivity contribution in [2.24, 2.45) is 0 Å². The van der Waals surface area contributed by atoms with Crippen molar-refractivity contribution in [3.63, 3.8) is 0 Å². The topological polar surface area (TPSA) is 57.6 Å². The minimum Gasteiger partial charge on any atom is -0.386 e. The molecule has 1 N–H and O–H groups in total. The lowest BCUT2D eigenvalue weighted by molar-refractivity contribution is 0.158. The van der Waals surface area contributed by atoms with E-state index in [2.05, 4.69) is 0 Å². The minimum absolute atomic E-state index is 0.000204. The summed E-state index contributed by atoms with van der Waals surface area (Å²) in [5.74, 6) is -0.495. The van der Waals surface area contributed by atoms with Crippen molar-refractivity contribution in [2.45, 2.75) is 11.0 Å². The number of rotatable bonds is 5. The molecule has 0 radical (unpaired) electrons. The van der Waals surface area contributed by atoms with E-state index in [-0.39, 0.29) is 11.4 Å². The molecule has 1 aromatic heterocycles. The van der Waals surface area contributed by atoms with Crippen molar-refractivity contribution in [3.05, 3.63) is 52.5 Å². The molecule has 0 amide bonds. The molecule has 0 aliphatic rings. The first-order valence-electron chi connectivity index (χ1n) is 5.84. The Labute approximate surface area is 121 Å². The van der Waals surface area contributed by atoms with E-state index < -0.39 is 21.9 Å². The average molecular weight is 315 g/mol. The van der Waals surface area contributed by atoms with Crippen molar-refractivity contribution in [3.8, 4) is 0 Å². The first-order chi connectivity index (χ1) is 9.41. The smallest absolute Gasteiger partial charge is 0.242 e. The van der Waals surface area contributed by atoms with Gasteiger partial charge in [-0.25, -0.2) is 12.8 Å². The highest BCUT2D eigenvalue weighted by molar-refractivity contribution is 7.89. The quantitative estimate of drug-likeness (QED) is 0.920. The number of hydrogen-bond acceptors (Lipinski definition) is 4. The zero-order valence-corrected chi connectivity index (χ0v) is 12.4. The van der Waals surface area contributed by atoms with Gasteiger partial charge in [0.1, 0.15) is 11.9 Å². The molecule has 1 atom stereocenters. The lowest BCUT2D eigenvalue weighted by Crippen LogP contribution is -2.31. The van der Waals surface area contributed by atoms with Crippen LogP contribution in [0.4, 0.5) is 4.39 Å². The molecule has 7 heteroatoms. The third kappa shape index (κ3) is 3.24. The second kappa shape index (κ2) is 6.01. The van der Waals surface area contributed by atoms with Gasteiger partial charge in [0.05, 0.1) is 4.90 Å². The molecule has 1 unspecified atom stereocenters. The molecule has 0 saturated carbocycles. The highest BCUT2D eigenvalue weighted by atomic mass is 32.2. The lowest BCUT2D eigenvalue weighted by atomic mass is 10.3. The van der Waals surface area contributed by atoms with E-state index in [1.54, 1.807) is 12.1 Å². The van der Waals surface area contributed by atoms with Gasteiger partial charge in [-0.2, -0.15) is 4.31 Å². The Kier molecular flexibility index (Phi) is 4.54. The van der Waals surface area contributed by atoms with Crippen molar-refractivity contribution in [1.82, 2.24) is 4.31 Å². The van der Waals surface area contributed by atoms with Crippen LogP contribution in [0.15, 0.2) is 46.7 Å². The molecular weight excluding hydrogens is 301 g/mol. The summed E-state index contributed by atoms with van der Waals surface area (Å²) in [5, 5.41) is 11.8. The van der Waals surface area contributed by atoms with Crippen molar-refractivity contribution in [2.75, 3.05) is 13.6 Å². The van der Waals surface area contributed by atoms with E-state index in [4.69, 9.17) is 0 Å². The summed E-state index contributed by atoms with van der Waals surface area (Å²) in [6.45, 7) is -0.0553. The van der Waals surface area contributed by atoms with Gasteiger partial charge < -0.3 is 5.11 Å². The molecule has 0 aliphatic carbocycles. The van der Waals surface area contributed by atoms with Crippen LogP contribution in [-0.2, 0) is 10.0 Å². The van der Waals surface area contributed by atoms with Crippen molar-refractivity contribution in [1.29, 1.82) is 0 Å². The third-order valence-corrected chi connectivity index (χ3v) is 5.63. The maximum Gasteiger partial charge on any atom is 0.242 e. The summed E-state index contributed by atoms with van der Waals surface area (Å²) in [7, 11) is -2.35. The predicted molar refractivity (Wildman–Crippen MR) is 75.5 cm³/mol. The fourth-order valence-electron chi connectivity index (χ4n) is 1.70. The maximum atomic E-state index is 12.8.